The molecule has 0 amide bonds. The van der Waals surface area contributed by atoms with Gasteiger partial charge in [0.25, 0.3) is 0 Å². The van der Waals surface area contributed by atoms with Gasteiger partial charge in [-0.3, -0.25) is 4.90 Å². The van der Waals surface area contributed by atoms with E-state index in [0.717, 1.165) is 54.6 Å². The number of halogens is 1. The van der Waals surface area contributed by atoms with Gasteiger partial charge in [-0.2, -0.15) is 0 Å². The number of guanidine groups is 1. The number of benzene rings is 1. The number of nitrogens with zero attached hydrogens (tertiary/aromatic N) is 2. The second kappa shape index (κ2) is 10.7. The zero-order valence-corrected chi connectivity index (χ0v) is 19.1. The summed E-state index contributed by atoms with van der Waals surface area (Å²) in [7, 11) is 0. The normalized spacial score (nSPS) is 16.0. The van der Waals surface area contributed by atoms with Crippen LogP contribution in [0.25, 0.3) is 11.0 Å². The fraction of sp³-hybridized carbons (Fsp3) is 0.409. The quantitative estimate of drug-likeness (QED) is 0.279. The van der Waals surface area contributed by atoms with Crippen LogP contribution in [0.15, 0.2) is 62.6 Å². The minimum atomic E-state index is 0. The van der Waals surface area contributed by atoms with Crippen molar-refractivity contribution in [3.8, 4) is 0 Å². The van der Waals surface area contributed by atoms with E-state index in [0.29, 0.717) is 6.54 Å². The van der Waals surface area contributed by atoms with E-state index in [-0.39, 0.29) is 30.0 Å². The van der Waals surface area contributed by atoms with Gasteiger partial charge < -0.3 is 19.5 Å². The Morgan fingerprint density at radius 1 is 1.14 bits per heavy atom. The molecule has 4 rings (SSSR count). The monoisotopic (exact) mass is 508 g/mol. The third kappa shape index (κ3) is 5.54. The maximum absolute atomic E-state index is 5.88. The summed E-state index contributed by atoms with van der Waals surface area (Å²) in [6, 6.07) is 14.3. The molecule has 0 radical (unpaired) electrons. The zero-order valence-electron chi connectivity index (χ0n) is 16.8. The molecular formula is C22H29IN4O2. The highest BCUT2D eigenvalue weighted by atomic mass is 127. The van der Waals surface area contributed by atoms with E-state index in [1.54, 1.807) is 6.26 Å². The Balaban J connectivity index is 0.00000240. The van der Waals surface area contributed by atoms with Crippen molar-refractivity contribution in [2.45, 2.75) is 32.4 Å². The lowest BCUT2D eigenvalue weighted by molar-refractivity contribution is 0.215. The maximum atomic E-state index is 5.88. The Morgan fingerprint density at radius 2 is 1.97 bits per heavy atom. The minimum absolute atomic E-state index is 0. The first-order valence-electron chi connectivity index (χ1n) is 10.1. The van der Waals surface area contributed by atoms with Crippen LogP contribution in [0.1, 0.15) is 37.3 Å². The van der Waals surface area contributed by atoms with Crippen LogP contribution in [-0.2, 0) is 6.54 Å². The topological polar surface area (TPSA) is 65.9 Å². The van der Waals surface area contributed by atoms with Gasteiger partial charge in [0.15, 0.2) is 5.96 Å². The van der Waals surface area contributed by atoms with Crippen molar-refractivity contribution in [3.63, 3.8) is 0 Å². The number of para-hydroxylation sites is 1. The molecule has 1 aliphatic rings. The van der Waals surface area contributed by atoms with Gasteiger partial charge >= 0.3 is 0 Å². The van der Waals surface area contributed by atoms with Crippen LogP contribution in [-0.4, -0.2) is 37.0 Å². The van der Waals surface area contributed by atoms with Gasteiger partial charge in [0.05, 0.1) is 12.3 Å². The summed E-state index contributed by atoms with van der Waals surface area (Å²) in [5, 5.41) is 7.92. The van der Waals surface area contributed by atoms with Gasteiger partial charge in [-0.1, -0.05) is 18.2 Å². The summed E-state index contributed by atoms with van der Waals surface area (Å²) < 4.78 is 11.6. The van der Waals surface area contributed by atoms with Crippen LogP contribution in [0.4, 0.5) is 0 Å². The molecule has 6 nitrogen and oxygen atoms in total. The van der Waals surface area contributed by atoms with E-state index >= 15 is 0 Å². The first kappa shape index (κ1) is 21.7. The van der Waals surface area contributed by atoms with E-state index in [9.17, 15) is 0 Å². The SMILES string of the molecule is CCNC(=NCc1cc2ccccc2o1)NCC(c1ccco1)N1CCCC1.I. The molecule has 156 valence electrons. The van der Waals surface area contributed by atoms with E-state index < -0.39 is 0 Å². The number of nitrogens with one attached hydrogen (secondary N) is 2. The molecule has 3 heterocycles. The fourth-order valence-electron chi connectivity index (χ4n) is 3.75. The molecule has 0 spiro atoms. The lowest BCUT2D eigenvalue weighted by Crippen LogP contribution is -2.42. The van der Waals surface area contributed by atoms with E-state index in [1.807, 2.05) is 24.3 Å². The molecule has 1 aromatic carbocycles. The molecule has 2 aromatic heterocycles. The molecule has 0 bridgehead atoms. The Kier molecular flexibility index (Phi) is 8.00. The lowest BCUT2D eigenvalue weighted by Gasteiger charge is -2.26. The van der Waals surface area contributed by atoms with Crippen LogP contribution < -0.4 is 10.6 Å². The van der Waals surface area contributed by atoms with E-state index in [4.69, 9.17) is 13.8 Å². The molecule has 0 saturated carbocycles. The van der Waals surface area contributed by atoms with Crippen LogP contribution >= 0.6 is 24.0 Å². The molecule has 1 unspecified atom stereocenters. The van der Waals surface area contributed by atoms with Gasteiger partial charge in [-0.15, -0.1) is 24.0 Å². The van der Waals surface area contributed by atoms with Crippen LogP contribution in [0.5, 0.6) is 0 Å². The Hall–Kier alpha value is -2.00. The van der Waals surface area contributed by atoms with Crippen molar-refractivity contribution in [1.82, 2.24) is 15.5 Å². The summed E-state index contributed by atoms with van der Waals surface area (Å²) >= 11 is 0. The molecular weight excluding hydrogens is 479 g/mol. The van der Waals surface area contributed by atoms with E-state index in [1.165, 1.54) is 12.8 Å². The van der Waals surface area contributed by atoms with Crippen molar-refractivity contribution < 1.29 is 8.83 Å². The third-order valence-corrected chi connectivity index (χ3v) is 5.13. The van der Waals surface area contributed by atoms with Gasteiger partial charge in [0, 0.05) is 18.5 Å². The van der Waals surface area contributed by atoms with Crippen molar-refractivity contribution in [3.05, 3.63) is 60.2 Å². The van der Waals surface area contributed by atoms with E-state index in [2.05, 4.69) is 40.7 Å². The lowest BCUT2D eigenvalue weighted by atomic mass is 10.2. The number of rotatable bonds is 7. The molecule has 29 heavy (non-hydrogen) atoms. The maximum Gasteiger partial charge on any atom is 0.191 e. The molecule has 1 atom stereocenters. The number of likely N-dealkylation sites (tertiary alicyclic amines) is 1. The summed E-state index contributed by atoms with van der Waals surface area (Å²) in [6.07, 6.45) is 4.24. The Morgan fingerprint density at radius 3 is 2.69 bits per heavy atom. The van der Waals surface area contributed by atoms with Crippen molar-refractivity contribution in [2.24, 2.45) is 4.99 Å². The number of furan rings is 2. The second-order valence-corrected chi connectivity index (χ2v) is 7.10. The summed E-state index contributed by atoms with van der Waals surface area (Å²) in [6.45, 7) is 6.35. The fourth-order valence-corrected chi connectivity index (χ4v) is 3.75. The first-order chi connectivity index (χ1) is 13.8. The van der Waals surface area contributed by atoms with Gasteiger partial charge in [-0.05, 0) is 57.1 Å². The molecule has 1 fully saturated rings. The first-order valence-corrected chi connectivity index (χ1v) is 10.1. The highest BCUT2D eigenvalue weighted by Gasteiger charge is 2.25. The summed E-state index contributed by atoms with van der Waals surface area (Å²) in [5.41, 5.74) is 0.901. The number of fused-ring (bicyclic) bond motifs is 1. The Bertz CT molecular complexity index is 868. The smallest absolute Gasteiger partial charge is 0.191 e. The summed E-state index contributed by atoms with van der Waals surface area (Å²) in [4.78, 5) is 7.19. The van der Waals surface area contributed by atoms with Crippen LogP contribution in [0.3, 0.4) is 0 Å². The van der Waals surface area contributed by atoms with Gasteiger partial charge in [-0.25, -0.2) is 4.99 Å². The van der Waals surface area contributed by atoms with Gasteiger partial charge in [0.1, 0.15) is 23.6 Å². The zero-order chi connectivity index (χ0) is 19.2. The predicted octanol–water partition coefficient (Wildman–Crippen LogP) is 4.54. The average molecular weight is 508 g/mol. The molecule has 1 aliphatic heterocycles. The van der Waals surface area contributed by atoms with Crippen LogP contribution in [0, 0.1) is 0 Å². The third-order valence-electron chi connectivity index (χ3n) is 5.13. The Labute approximate surface area is 188 Å². The molecule has 0 aliphatic carbocycles. The number of aliphatic imine (C=N–C) groups is 1. The van der Waals surface area contributed by atoms with Gasteiger partial charge in [0.2, 0.25) is 0 Å². The molecule has 2 N–H and O–H groups in total. The predicted molar refractivity (Wildman–Crippen MR) is 127 cm³/mol. The molecule has 1 saturated heterocycles. The van der Waals surface area contributed by atoms with Crippen LogP contribution in [0.2, 0.25) is 0 Å². The van der Waals surface area contributed by atoms with Crippen molar-refractivity contribution in [2.75, 3.05) is 26.2 Å². The molecule has 3 aromatic rings. The number of hydrogen-bond acceptors (Lipinski definition) is 4. The minimum Gasteiger partial charge on any atom is -0.468 e. The second-order valence-electron chi connectivity index (χ2n) is 7.10. The van der Waals surface area contributed by atoms with Crippen molar-refractivity contribution in [1.29, 1.82) is 0 Å². The summed E-state index contributed by atoms with van der Waals surface area (Å²) in [5.74, 6) is 2.65. The average Bonchev–Trinajstić information content (AvgIpc) is 3.47. The highest BCUT2D eigenvalue weighted by Crippen LogP contribution is 2.25. The molecule has 7 heteroatoms. The van der Waals surface area contributed by atoms with Crippen molar-refractivity contribution >= 4 is 40.9 Å². The largest absolute Gasteiger partial charge is 0.468 e. The number of hydrogen-bond donors (Lipinski definition) is 2. The highest BCUT2D eigenvalue weighted by molar-refractivity contribution is 14.0. The standard InChI is InChI=1S/C22H28N4O2.HI/c1-2-23-22(24-15-18-14-17-8-3-4-9-20(17)28-18)25-16-19(21-10-7-13-27-21)26-11-5-6-12-26;/h3-4,7-10,13-14,19H,2,5-6,11-12,15-16H2,1H3,(H2,23,24,25);1H.